The standard InChI is InChI=1S/C26H25N3O4/c1-28(2)18-10-12-19(13-11-18)29-25(30)23(17-8-6-5-7-9-17)24(26(29)31)27-21-15-14-20(32-3)16-22(21)33-4/h5-16,27H,1-4H3. The fraction of sp³-hybridized carbons (Fsp3) is 0.154. The van der Waals surface area contributed by atoms with Gasteiger partial charge in [-0.05, 0) is 42.0 Å². The number of nitrogens with one attached hydrogen (secondary N) is 1. The first kappa shape index (κ1) is 22.0. The van der Waals surface area contributed by atoms with Gasteiger partial charge in [-0.3, -0.25) is 9.59 Å². The van der Waals surface area contributed by atoms with Crippen LogP contribution in [0.15, 0.2) is 78.5 Å². The van der Waals surface area contributed by atoms with Crippen molar-refractivity contribution in [3.05, 3.63) is 84.1 Å². The number of hydrogen-bond acceptors (Lipinski definition) is 6. The molecule has 1 N–H and O–H groups in total. The smallest absolute Gasteiger partial charge is 0.282 e. The van der Waals surface area contributed by atoms with E-state index in [-0.39, 0.29) is 5.70 Å². The largest absolute Gasteiger partial charge is 0.497 e. The van der Waals surface area contributed by atoms with Crippen molar-refractivity contribution in [1.82, 2.24) is 0 Å². The Balaban J connectivity index is 1.79. The first-order valence-corrected chi connectivity index (χ1v) is 10.4. The third-order valence-electron chi connectivity index (χ3n) is 5.44. The second-order valence-corrected chi connectivity index (χ2v) is 7.66. The Hall–Kier alpha value is -4.26. The van der Waals surface area contributed by atoms with E-state index in [1.807, 2.05) is 61.5 Å². The van der Waals surface area contributed by atoms with Crippen LogP contribution in [0, 0.1) is 0 Å². The number of nitrogens with zero attached hydrogens (tertiary/aromatic N) is 2. The molecule has 0 atom stereocenters. The number of imide groups is 1. The Kier molecular flexibility index (Phi) is 6.04. The Morgan fingerprint density at radius 3 is 2.12 bits per heavy atom. The van der Waals surface area contributed by atoms with Gasteiger partial charge in [-0.1, -0.05) is 30.3 Å². The number of carbonyl (C=O) groups is 2. The van der Waals surface area contributed by atoms with Crippen LogP contribution in [0.3, 0.4) is 0 Å². The van der Waals surface area contributed by atoms with Gasteiger partial charge in [-0.15, -0.1) is 0 Å². The molecular formula is C26H25N3O4. The highest BCUT2D eigenvalue weighted by atomic mass is 16.5. The molecular weight excluding hydrogens is 418 g/mol. The van der Waals surface area contributed by atoms with Gasteiger partial charge in [0, 0.05) is 25.8 Å². The van der Waals surface area contributed by atoms with Crippen molar-refractivity contribution in [2.24, 2.45) is 0 Å². The van der Waals surface area contributed by atoms with Gasteiger partial charge in [0.1, 0.15) is 17.2 Å². The van der Waals surface area contributed by atoms with Crippen LogP contribution in [0.25, 0.3) is 5.57 Å². The Morgan fingerprint density at radius 2 is 1.52 bits per heavy atom. The van der Waals surface area contributed by atoms with E-state index in [1.54, 1.807) is 37.4 Å². The van der Waals surface area contributed by atoms with E-state index < -0.39 is 11.8 Å². The summed E-state index contributed by atoms with van der Waals surface area (Å²) in [7, 11) is 6.96. The maximum absolute atomic E-state index is 13.6. The molecule has 1 aliphatic heterocycles. The second-order valence-electron chi connectivity index (χ2n) is 7.66. The number of ether oxygens (including phenoxy) is 2. The van der Waals surface area contributed by atoms with Gasteiger partial charge in [0.25, 0.3) is 11.8 Å². The molecule has 2 amide bonds. The molecule has 4 rings (SSSR count). The molecule has 0 aromatic heterocycles. The number of anilines is 3. The molecule has 0 unspecified atom stereocenters. The zero-order valence-electron chi connectivity index (χ0n) is 19.0. The first-order valence-electron chi connectivity index (χ1n) is 10.4. The number of benzene rings is 3. The third kappa shape index (κ3) is 4.13. The summed E-state index contributed by atoms with van der Waals surface area (Å²) in [5.41, 5.74) is 3.16. The number of amides is 2. The molecule has 33 heavy (non-hydrogen) atoms. The van der Waals surface area contributed by atoms with Crippen LogP contribution in [0.2, 0.25) is 0 Å². The number of methoxy groups -OCH3 is 2. The maximum Gasteiger partial charge on any atom is 0.282 e. The lowest BCUT2D eigenvalue weighted by molar-refractivity contribution is -0.120. The molecule has 1 heterocycles. The highest BCUT2D eigenvalue weighted by molar-refractivity contribution is 6.46. The van der Waals surface area contributed by atoms with Crippen LogP contribution in [0.1, 0.15) is 5.56 Å². The monoisotopic (exact) mass is 443 g/mol. The molecule has 1 aliphatic rings. The second kappa shape index (κ2) is 9.08. The van der Waals surface area contributed by atoms with Crippen LogP contribution in [0.5, 0.6) is 11.5 Å². The molecule has 0 bridgehead atoms. The van der Waals surface area contributed by atoms with Crippen molar-refractivity contribution in [3.8, 4) is 11.5 Å². The fourth-order valence-corrected chi connectivity index (χ4v) is 3.69. The first-order chi connectivity index (χ1) is 15.9. The van der Waals surface area contributed by atoms with Crippen LogP contribution in [-0.4, -0.2) is 40.1 Å². The van der Waals surface area contributed by atoms with E-state index in [1.165, 1.54) is 12.0 Å². The van der Waals surface area contributed by atoms with Gasteiger partial charge in [-0.2, -0.15) is 0 Å². The minimum atomic E-state index is -0.436. The maximum atomic E-state index is 13.6. The van der Waals surface area contributed by atoms with E-state index >= 15 is 0 Å². The summed E-state index contributed by atoms with van der Waals surface area (Å²) >= 11 is 0. The number of hydrogen-bond donors (Lipinski definition) is 1. The summed E-state index contributed by atoms with van der Waals surface area (Å²) in [6.07, 6.45) is 0. The fourth-order valence-electron chi connectivity index (χ4n) is 3.69. The molecule has 3 aromatic carbocycles. The van der Waals surface area contributed by atoms with Gasteiger partial charge < -0.3 is 19.7 Å². The predicted octanol–water partition coefficient (Wildman–Crippen LogP) is 4.17. The lowest BCUT2D eigenvalue weighted by Crippen LogP contribution is -2.32. The molecule has 0 aliphatic carbocycles. The molecule has 168 valence electrons. The molecule has 0 fully saturated rings. The molecule has 3 aromatic rings. The van der Waals surface area contributed by atoms with Crippen molar-refractivity contribution in [2.75, 3.05) is 43.4 Å². The average Bonchev–Trinajstić information content (AvgIpc) is 3.08. The average molecular weight is 444 g/mol. The van der Waals surface area contributed by atoms with Crippen LogP contribution in [-0.2, 0) is 9.59 Å². The zero-order chi connectivity index (χ0) is 23.5. The van der Waals surface area contributed by atoms with Crippen LogP contribution in [0.4, 0.5) is 17.1 Å². The van der Waals surface area contributed by atoms with Crippen molar-refractivity contribution in [1.29, 1.82) is 0 Å². The quantitative estimate of drug-likeness (QED) is 0.553. The summed E-state index contributed by atoms with van der Waals surface area (Å²) in [6.45, 7) is 0. The van der Waals surface area contributed by atoms with Gasteiger partial charge in [0.05, 0.1) is 31.2 Å². The molecule has 7 nitrogen and oxygen atoms in total. The minimum absolute atomic E-state index is 0.186. The third-order valence-corrected chi connectivity index (χ3v) is 5.44. The number of carbonyl (C=O) groups excluding carboxylic acids is 2. The zero-order valence-corrected chi connectivity index (χ0v) is 19.0. The minimum Gasteiger partial charge on any atom is -0.497 e. The molecule has 7 heteroatoms. The van der Waals surface area contributed by atoms with Crippen molar-refractivity contribution >= 4 is 34.4 Å². The van der Waals surface area contributed by atoms with Crippen molar-refractivity contribution in [3.63, 3.8) is 0 Å². The van der Waals surface area contributed by atoms with E-state index in [9.17, 15) is 9.59 Å². The molecule has 0 radical (unpaired) electrons. The lowest BCUT2D eigenvalue weighted by atomic mass is 10.0. The Labute approximate surface area is 192 Å². The van der Waals surface area contributed by atoms with Gasteiger partial charge in [0.2, 0.25) is 0 Å². The van der Waals surface area contributed by atoms with Gasteiger partial charge >= 0.3 is 0 Å². The van der Waals surface area contributed by atoms with E-state index in [0.717, 1.165) is 5.69 Å². The molecule has 0 saturated heterocycles. The topological polar surface area (TPSA) is 71.1 Å². The summed E-state index contributed by atoms with van der Waals surface area (Å²) < 4.78 is 10.7. The lowest BCUT2D eigenvalue weighted by Gasteiger charge is -2.18. The summed E-state index contributed by atoms with van der Waals surface area (Å²) in [5, 5.41) is 3.15. The summed E-state index contributed by atoms with van der Waals surface area (Å²) in [5.74, 6) is 0.280. The highest BCUT2D eigenvalue weighted by Gasteiger charge is 2.40. The van der Waals surface area contributed by atoms with Gasteiger partial charge in [-0.25, -0.2) is 4.90 Å². The van der Waals surface area contributed by atoms with Crippen LogP contribution >= 0.6 is 0 Å². The summed E-state index contributed by atoms with van der Waals surface area (Å²) in [4.78, 5) is 30.2. The molecule has 0 spiro atoms. The Bertz CT molecular complexity index is 1220. The van der Waals surface area contributed by atoms with E-state index in [0.29, 0.717) is 34.0 Å². The SMILES string of the molecule is COc1ccc(NC2=C(c3ccccc3)C(=O)N(c3ccc(N(C)C)cc3)C2=O)c(OC)c1. The van der Waals surface area contributed by atoms with Crippen molar-refractivity contribution < 1.29 is 19.1 Å². The highest BCUT2D eigenvalue weighted by Crippen LogP contribution is 2.37. The Morgan fingerprint density at radius 1 is 0.818 bits per heavy atom. The van der Waals surface area contributed by atoms with E-state index in [2.05, 4.69) is 5.32 Å². The summed E-state index contributed by atoms with van der Waals surface area (Å²) in [6, 6.07) is 21.7. The predicted molar refractivity (Wildman–Crippen MR) is 130 cm³/mol. The van der Waals surface area contributed by atoms with Crippen molar-refractivity contribution in [2.45, 2.75) is 0 Å². The number of rotatable bonds is 7. The van der Waals surface area contributed by atoms with E-state index in [4.69, 9.17) is 9.47 Å². The molecule has 0 saturated carbocycles. The normalized spacial score (nSPS) is 13.4. The van der Waals surface area contributed by atoms with Crippen LogP contribution < -0.4 is 24.6 Å². The van der Waals surface area contributed by atoms with Gasteiger partial charge in [0.15, 0.2) is 0 Å².